The van der Waals surface area contributed by atoms with Gasteiger partial charge in [-0.05, 0) is 64.1 Å². The topological polar surface area (TPSA) is 29.3 Å². The van der Waals surface area contributed by atoms with E-state index in [1.165, 1.54) is 38.8 Å². The van der Waals surface area contributed by atoms with Crippen LogP contribution in [0.4, 0.5) is 0 Å². The first-order valence-electron chi connectivity index (χ1n) is 6.57. The molecule has 1 fully saturated rings. The summed E-state index contributed by atoms with van der Waals surface area (Å²) < 4.78 is 0. The van der Waals surface area contributed by atoms with Crippen LogP contribution in [0.5, 0.6) is 0 Å². The molecule has 1 rings (SSSR count). The maximum atomic E-state index is 5.70. The van der Waals surface area contributed by atoms with Crippen LogP contribution in [0.1, 0.15) is 46.5 Å². The highest BCUT2D eigenvalue weighted by Gasteiger charge is 2.21. The molecular weight excluding hydrogens is 184 g/mol. The third kappa shape index (κ3) is 4.52. The third-order valence-corrected chi connectivity index (χ3v) is 3.77. The van der Waals surface area contributed by atoms with Gasteiger partial charge in [-0.3, -0.25) is 0 Å². The van der Waals surface area contributed by atoms with E-state index in [9.17, 15) is 0 Å². The van der Waals surface area contributed by atoms with Crippen molar-refractivity contribution in [3.05, 3.63) is 0 Å². The molecule has 90 valence electrons. The van der Waals surface area contributed by atoms with E-state index in [0.717, 1.165) is 24.4 Å². The largest absolute Gasteiger partial charge is 0.330 e. The maximum absolute atomic E-state index is 5.70. The number of rotatable bonds is 5. The number of piperidine rings is 1. The summed E-state index contributed by atoms with van der Waals surface area (Å²) in [5.41, 5.74) is 5.70. The molecule has 0 aliphatic carbocycles. The van der Waals surface area contributed by atoms with Crippen LogP contribution in [0.25, 0.3) is 0 Å². The average molecular weight is 212 g/mol. The van der Waals surface area contributed by atoms with Gasteiger partial charge in [0.1, 0.15) is 0 Å². The van der Waals surface area contributed by atoms with Gasteiger partial charge in [-0.2, -0.15) is 0 Å². The van der Waals surface area contributed by atoms with Crippen molar-refractivity contribution in [1.29, 1.82) is 0 Å². The Balaban J connectivity index is 2.20. The Morgan fingerprint density at radius 2 is 1.73 bits per heavy atom. The Morgan fingerprint density at radius 3 is 2.20 bits per heavy atom. The Hall–Kier alpha value is -0.0800. The Kier molecular flexibility index (Phi) is 5.62. The highest BCUT2D eigenvalue weighted by Crippen LogP contribution is 2.20. The highest BCUT2D eigenvalue weighted by atomic mass is 15.2. The van der Waals surface area contributed by atoms with Crippen LogP contribution in [-0.2, 0) is 0 Å². The van der Waals surface area contributed by atoms with Gasteiger partial charge in [0.15, 0.2) is 0 Å². The smallest absolute Gasteiger partial charge is 0.00670 e. The second-order valence-electron chi connectivity index (χ2n) is 5.54. The molecule has 0 aromatic heterocycles. The lowest BCUT2D eigenvalue weighted by atomic mass is 9.95. The van der Waals surface area contributed by atoms with Gasteiger partial charge in [-0.1, -0.05) is 13.8 Å². The lowest BCUT2D eigenvalue weighted by molar-refractivity contribution is 0.134. The third-order valence-electron chi connectivity index (χ3n) is 3.77. The van der Waals surface area contributed by atoms with Crippen molar-refractivity contribution in [3.63, 3.8) is 0 Å². The number of hydrogen-bond acceptors (Lipinski definition) is 2. The predicted molar refractivity (Wildman–Crippen MR) is 66.9 cm³/mol. The van der Waals surface area contributed by atoms with Crippen LogP contribution in [0, 0.1) is 11.8 Å². The van der Waals surface area contributed by atoms with Crippen LogP contribution in [-0.4, -0.2) is 30.6 Å². The second-order valence-corrected chi connectivity index (χ2v) is 5.54. The summed E-state index contributed by atoms with van der Waals surface area (Å²) in [4.78, 5) is 2.65. The molecule has 0 aromatic rings. The van der Waals surface area contributed by atoms with Gasteiger partial charge in [0, 0.05) is 6.04 Å². The first-order chi connectivity index (χ1) is 7.13. The number of likely N-dealkylation sites (tertiary alicyclic amines) is 1. The summed E-state index contributed by atoms with van der Waals surface area (Å²) in [7, 11) is 0. The summed E-state index contributed by atoms with van der Waals surface area (Å²) >= 11 is 0. The fraction of sp³-hybridized carbons (Fsp3) is 1.00. The van der Waals surface area contributed by atoms with Gasteiger partial charge in [-0.15, -0.1) is 0 Å². The SMILES string of the molecule is CC(C)CCC(C)N1CCC(CN)CC1. The minimum Gasteiger partial charge on any atom is -0.330 e. The summed E-state index contributed by atoms with van der Waals surface area (Å²) in [6.07, 6.45) is 5.33. The van der Waals surface area contributed by atoms with E-state index in [-0.39, 0.29) is 0 Å². The molecule has 0 aromatic carbocycles. The van der Waals surface area contributed by atoms with Gasteiger partial charge in [0.25, 0.3) is 0 Å². The number of nitrogens with zero attached hydrogens (tertiary/aromatic N) is 1. The molecule has 0 bridgehead atoms. The molecule has 2 nitrogen and oxygen atoms in total. The normalized spacial score (nSPS) is 22.2. The lowest BCUT2D eigenvalue weighted by Crippen LogP contribution is -2.41. The molecule has 1 atom stereocenters. The molecule has 1 unspecified atom stereocenters. The van der Waals surface area contributed by atoms with E-state index in [0.29, 0.717) is 0 Å². The molecule has 2 heteroatoms. The second kappa shape index (κ2) is 6.49. The molecule has 0 spiro atoms. The van der Waals surface area contributed by atoms with E-state index in [2.05, 4.69) is 25.7 Å². The van der Waals surface area contributed by atoms with Gasteiger partial charge in [0.05, 0.1) is 0 Å². The van der Waals surface area contributed by atoms with Crippen LogP contribution in [0.2, 0.25) is 0 Å². The standard InChI is InChI=1S/C13H28N2/c1-11(2)4-5-12(3)15-8-6-13(10-14)7-9-15/h11-13H,4-10,14H2,1-3H3. The quantitative estimate of drug-likeness (QED) is 0.758. The fourth-order valence-electron chi connectivity index (χ4n) is 2.39. The molecule has 0 amide bonds. The Bertz CT molecular complexity index is 160. The minimum atomic E-state index is 0.770. The summed E-state index contributed by atoms with van der Waals surface area (Å²) in [5, 5.41) is 0. The fourth-order valence-corrected chi connectivity index (χ4v) is 2.39. The average Bonchev–Trinajstić information content (AvgIpc) is 2.26. The van der Waals surface area contributed by atoms with E-state index in [4.69, 9.17) is 5.73 Å². The predicted octanol–water partition coefficient (Wildman–Crippen LogP) is 2.48. The lowest BCUT2D eigenvalue weighted by Gasteiger charge is -2.36. The zero-order chi connectivity index (χ0) is 11.3. The van der Waals surface area contributed by atoms with Gasteiger partial charge < -0.3 is 10.6 Å². The van der Waals surface area contributed by atoms with Crippen LogP contribution in [0.15, 0.2) is 0 Å². The van der Waals surface area contributed by atoms with E-state index >= 15 is 0 Å². The van der Waals surface area contributed by atoms with Gasteiger partial charge in [-0.25, -0.2) is 0 Å². The molecule has 1 saturated heterocycles. The first kappa shape index (κ1) is 13.0. The van der Waals surface area contributed by atoms with Crippen molar-refractivity contribution in [3.8, 4) is 0 Å². The number of hydrogen-bond donors (Lipinski definition) is 1. The summed E-state index contributed by atoms with van der Waals surface area (Å²) in [6, 6.07) is 0.770. The molecule has 1 heterocycles. The molecule has 0 saturated carbocycles. The van der Waals surface area contributed by atoms with Crippen molar-refractivity contribution < 1.29 is 0 Å². The molecular formula is C13H28N2. The van der Waals surface area contributed by atoms with Crippen molar-refractivity contribution in [2.45, 2.75) is 52.5 Å². The summed E-state index contributed by atoms with van der Waals surface area (Å²) in [5.74, 6) is 1.63. The molecule has 2 N–H and O–H groups in total. The molecule has 0 radical (unpaired) electrons. The van der Waals surface area contributed by atoms with Crippen molar-refractivity contribution >= 4 is 0 Å². The van der Waals surface area contributed by atoms with Crippen LogP contribution >= 0.6 is 0 Å². The molecule has 1 aliphatic rings. The van der Waals surface area contributed by atoms with Crippen molar-refractivity contribution in [2.24, 2.45) is 17.6 Å². The van der Waals surface area contributed by atoms with E-state index in [1.54, 1.807) is 0 Å². The van der Waals surface area contributed by atoms with E-state index < -0.39 is 0 Å². The van der Waals surface area contributed by atoms with Gasteiger partial charge >= 0.3 is 0 Å². The van der Waals surface area contributed by atoms with E-state index in [1.807, 2.05) is 0 Å². The van der Waals surface area contributed by atoms with Gasteiger partial charge in [0.2, 0.25) is 0 Å². The monoisotopic (exact) mass is 212 g/mol. The van der Waals surface area contributed by atoms with Crippen molar-refractivity contribution in [2.75, 3.05) is 19.6 Å². The summed E-state index contributed by atoms with van der Waals surface area (Å²) in [6.45, 7) is 10.4. The molecule has 1 aliphatic heterocycles. The number of nitrogens with two attached hydrogens (primary N) is 1. The van der Waals surface area contributed by atoms with Crippen molar-refractivity contribution in [1.82, 2.24) is 4.90 Å². The first-order valence-corrected chi connectivity index (χ1v) is 6.57. The molecule has 15 heavy (non-hydrogen) atoms. The zero-order valence-electron chi connectivity index (χ0n) is 10.7. The highest BCUT2D eigenvalue weighted by molar-refractivity contribution is 4.76. The zero-order valence-corrected chi connectivity index (χ0v) is 10.7. The Labute approximate surface area is 95.2 Å². The van der Waals surface area contributed by atoms with Crippen LogP contribution < -0.4 is 5.73 Å². The van der Waals surface area contributed by atoms with Crippen LogP contribution in [0.3, 0.4) is 0 Å². The Morgan fingerprint density at radius 1 is 1.13 bits per heavy atom. The maximum Gasteiger partial charge on any atom is 0.00670 e. The minimum absolute atomic E-state index is 0.770.